The second-order valence-electron chi connectivity index (χ2n) is 7.69. The van der Waals surface area contributed by atoms with E-state index < -0.39 is 0 Å². The molecule has 0 spiro atoms. The maximum atomic E-state index is 12.8. The van der Waals surface area contributed by atoms with Gasteiger partial charge in [-0.2, -0.15) is 0 Å². The van der Waals surface area contributed by atoms with E-state index >= 15 is 0 Å². The summed E-state index contributed by atoms with van der Waals surface area (Å²) in [6.07, 6.45) is 3.55. The molecule has 0 saturated carbocycles. The molecular weight excluding hydrogens is 404 g/mol. The van der Waals surface area contributed by atoms with Crippen LogP contribution in [0, 0.1) is 5.92 Å². The highest BCUT2D eigenvalue weighted by Gasteiger charge is 2.26. The molecule has 0 bridgehead atoms. The van der Waals surface area contributed by atoms with Crippen molar-refractivity contribution in [1.29, 1.82) is 0 Å². The van der Waals surface area contributed by atoms with Crippen LogP contribution in [0.15, 0.2) is 72.9 Å². The van der Waals surface area contributed by atoms with Crippen molar-refractivity contribution in [2.45, 2.75) is 12.8 Å². The normalized spacial score (nSPS) is 15.7. The number of rotatable bonds is 6. The number of hydrogen-bond donors (Lipinski definition) is 2. The minimum atomic E-state index is -0.245. The number of para-hydroxylation sites is 2. The Hall–Kier alpha value is -3.87. The molecular formula is C25H26N4O3. The average Bonchev–Trinajstić information content (AvgIpc) is 2.85. The molecule has 7 nitrogen and oxygen atoms in total. The summed E-state index contributed by atoms with van der Waals surface area (Å²) < 4.78 is 5.27. The van der Waals surface area contributed by atoms with E-state index in [1.165, 1.54) is 0 Å². The average molecular weight is 431 g/mol. The van der Waals surface area contributed by atoms with Crippen LogP contribution >= 0.6 is 0 Å². The van der Waals surface area contributed by atoms with Gasteiger partial charge in [-0.15, -0.1) is 0 Å². The topological polar surface area (TPSA) is 83.6 Å². The molecule has 0 aliphatic carbocycles. The molecule has 3 aromatic rings. The molecule has 0 radical (unpaired) electrons. The second-order valence-corrected chi connectivity index (χ2v) is 7.69. The van der Waals surface area contributed by atoms with E-state index in [1.807, 2.05) is 30.3 Å². The minimum Gasteiger partial charge on any atom is -0.495 e. The quantitative estimate of drug-likeness (QED) is 0.612. The molecule has 4 rings (SSSR count). The number of aromatic nitrogens is 1. The van der Waals surface area contributed by atoms with Crippen molar-refractivity contribution in [2.75, 3.05) is 35.7 Å². The van der Waals surface area contributed by atoms with Gasteiger partial charge >= 0.3 is 0 Å². The Kier molecular flexibility index (Phi) is 6.65. The second kappa shape index (κ2) is 9.96. The van der Waals surface area contributed by atoms with E-state index in [0.717, 1.165) is 25.2 Å². The highest BCUT2D eigenvalue weighted by Crippen LogP contribution is 2.25. The summed E-state index contributed by atoms with van der Waals surface area (Å²) in [4.78, 5) is 31.9. The molecule has 1 aliphatic rings. The largest absolute Gasteiger partial charge is 0.495 e. The number of methoxy groups -OCH3 is 1. The third kappa shape index (κ3) is 5.06. The van der Waals surface area contributed by atoms with Crippen molar-refractivity contribution < 1.29 is 14.3 Å². The number of pyridine rings is 1. The molecule has 1 aromatic heterocycles. The zero-order chi connectivity index (χ0) is 22.3. The van der Waals surface area contributed by atoms with Crippen molar-refractivity contribution >= 4 is 29.0 Å². The maximum absolute atomic E-state index is 12.8. The van der Waals surface area contributed by atoms with Crippen molar-refractivity contribution in [3.05, 3.63) is 78.5 Å². The number of nitrogens with one attached hydrogen (secondary N) is 2. The molecule has 0 unspecified atom stereocenters. The lowest BCUT2D eigenvalue weighted by molar-refractivity contribution is -0.120. The summed E-state index contributed by atoms with van der Waals surface area (Å²) in [6.45, 7) is 1.54. The number of nitrogens with zero attached hydrogens (tertiary/aromatic N) is 2. The molecule has 2 heterocycles. The lowest BCUT2D eigenvalue weighted by atomic mass is 9.97. The van der Waals surface area contributed by atoms with Crippen LogP contribution in [0.1, 0.15) is 23.2 Å². The van der Waals surface area contributed by atoms with Gasteiger partial charge in [-0.3, -0.25) is 9.59 Å². The van der Waals surface area contributed by atoms with Crippen molar-refractivity contribution in [3.63, 3.8) is 0 Å². The number of hydrogen-bond acceptors (Lipinski definition) is 5. The Morgan fingerprint density at radius 2 is 1.78 bits per heavy atom. The molecule has 1 fully saturated rings. The molecule has 2 N–H and O–H groups in total. The van der Waals surface area contributed by atoms with Gasteiger partial charge in [0.25, 0.3) is 5.91 Å². The third-order valence-corrected chi connectivity index (χ3v) is 5.54. The van der Waals surface area contributed by atoms with Crippen LogP contribution in [-0.4, -0.2) is 37.0 Å². The minimum absolute atomic E-state index is 0.0168. The van der Waals surface area contributed by atoms with Crippen LogP contribution < -0.4 is 20.3 Å². The Balaban J connectivity index is 1.36. The van der Waals surface area contributed by atoms with Gasteiger partial charge < -0.3 is 20.3 Å². The molecule has 2 aromatic carbocycles. The Morgan fingerprint density at radius 1 is 1.00 bits per heavy atom. The van der Waals surface area contributed by atoms with Crippen molar-refractivity contribution in [1.82, 2.24) is 4.98 Å². The van der Waals surface area contributed by atoms with E-state index in [2.05, 4.69) is 20.5 Å². The van der Waals surface area contributed by atoms with Crippen LogP contribution in [0.3, 0.4) is 0 Å². The summed E-state index contributed by atoms with van der Waals surface area (Å²) in [5.41, 5.74) is 1.76. The highest BCUT2D eigenvalue weighted by molar-refractivity contribution is 6.05. The molecule has 1 aliphatic heterocycles. The van der Waals surface area contributed by atoms with Crippen LogP contribution in [-0.2, 0) is 4.79 Å². The Morgan fingerprint density at radius 3 is 2.53 bits per heavy atom. The standard InChI is InChI=1S/C25H26N4O3/c1-32-22-9-3-2-8-21(22)28-24(30)18-11-13-20(14-12-18)27-25(31)19-7-6-16-29(17-19)23-10-4-5-15-26-23/h2-5,8-15,19H,6-7,16-17H2,1H3,(H,27,31)(H,28,30)/t19-/m0/s1. The van der Waals surface area contributed by atoms with Gasteiger partial charge in [0.2, 0.25) is 5.91 Å². The summed E-state index contributed by atoms with van der Waals surface area (Å²) in [6, 6.07) is 19.9. The fourth-order valence-electron chi connectivity index (χ4n) is 3.83. The Labute approximate surface area is 187 Å². The zero-order valence-electron chi connectivity index (χ0n) is 18.0. The van der Waals surface area contributed by atoms with E-state index in [-0.39, 0.29) is 17.7 Å². The SMILES string of the molecule is COc1ccccc1NC(=O)c1ccc(NC(=O)[C@H]2CCCN(c3ccccn3)C2)cc1. The molecule has 32 heavy (non-hydrogen) atoms. The number of anilines is 3. The van der Waals surface area contributed by atoms with Crippen molar-refractivity contribution in [2.24, 2.45) is 5.92 Å². The predicted octanol–water partition coefficient (Wildman–Crippen LogP) is 4.20. The molecule has 164 valence electrons. The van der Waals surface area contributed by atoms with Crippen LogP contribution in [0.4, 0.5) is 17.2 Å². The lowest BCUT2D eigenvalue weighted by Crippen LogP contribution is -2.41. The third-order valence-electron chi connectivity index (χ3n) is 5.54. The maximum Gasteiger partial charge on any atom is 0.255 e. The van der Waals surface area contributed by atoms with Crippen LogP contribution in [0.25, 0.3) is 0 Å². The smallest absolute Gasteiger partial charge is 0.255 e. The zero-order valence-corrected chi connectivity index (χ0v) is 18.0. The van der Waals surface area contributed by atoms with E-state index in [9.17, 15) is 9.59 Å². The first-order valence-electron chi connectivity index (χ1n) is 10.7. The van der Waals surface area contributed by atoms with Gasteiger partial charge in [0, 0.05) is 30.5 Å². The summed E-state index contributed by atoms with van der Waals surface area (Å²) in [7, 11) is 1.56. The predicted molar refractivity (Wildman–Crippen MR) is 125 cm³/mol. The van der Waals surface area contributed by atoms with Gasteiger partial charge in [-0.05, 0) is 61.4 Å². The number of carbonyl (C=O) groups is 2. The molecule has 2 amide bonds. The van der Waals surface area contributed by atoms with Gasteiger partial charge in [0.15, 0.2) is 0 Å². The van der Waals surface area contributed by atoms with E-state index in [4.69, 9.17) is 4.74 Å². The first-order valence-corrected chi connectivity index (χ1v) is 10.7. The van der Waals surface area contributed by atoms with Crippen LogP contribution in [0.5, 0.6) is 5.75 Å². The molecule has 7 heteroatoms. The van der Waals surface area contributed by atoms with Gasteiger partial charge in [0.05, 0.1) is 18.7 Å². The highest BCUT2D eigenvalue weighted by atomic mass is 16.5. The summed E-state index contributed by atoms with van der Waals surface area (Å²) in [5, 5.41) is 5.83. The van der Waals surface area contributed by atoms with Gasteiger partial charge in [-0.1, -0.05) is 18.2 Å². The first kappa shape index (κ1) is 21.4. The molecule has 1 atom stereocenters. The number of benzene rings is 2. The lowest BCUT2D eigenvalue weighted by Gasteiger charge is -2.32. The van der Waals surface area contributed by atoms with E-state index in [1.54, 1.807) is 49.7 Å². The number of carbonyl (C=O) groups excluding carboxylic acids is 2. The van der Waals surface area contributed by atoms with Gasteiger partial charge in [-0.25, -0.2) is 4.98 Å². The van der Waals surface area contributed by atoms with Crippen molar-refractivity contribution in [3.8, 4) is 5.75 Å². The number of ether oxygens (including phenoxy) is 1. The molecule has 1 saturated heterocycles. The van der Waals surface area contributed by atoms with Gasteiger partial charge in [0.1, 0.15) is 11.6 Å². The summed E-state index contributed by atoms with van der Waals surface area (Å²) >= 11 is 0. The fourth-order valence-corrected chi connectivity index (χ4v) is 3.83. The number of amides is 2. The van der Waals surface area contributed by atoms with E-state index in [0.29, 0.717) is 29.2 Å². The van der Waals surface area contributed by atoms with Crippen LogP contribution in [0.2, 0.25) is 0 Å². The Bertz CT molecular complexity index is 1070. The first-order chi connectivity index (χ1) is 15.6. The summed E-state index contributed by atoms with van der Waals surface area (Å²) in [5.74, 6) is 1.12. The fraction of sp³-hybridized carbons (Fsp3) is 0.240. The number of piperidine rings is 1. The monoisotopic (exact) mass is 430 g/mol.